The second-order valence-corrected chi connectivity index (χ2v) is 4.15. The van der Waals surface area contributed by atoms with Crippen LogP contribution in [0.3, 0.4) is 0 Å². The van der Waals surface area contributed by atoms with Crippen molar-refractivity contribution in [2.24, 2.45) is 0 Å². The Morgan fingerprint density at radius 2 is 1.95 bits per heavy atom. The van der Waals surface area contributed by atoms with Gasteiger partial charge < -0.3 is 10.2 Å². The number of nitrogens with zero attached hydrogens (tertiary/aromatic N) is 1. The third-order valence-corrected chi connectivity index (χ3v) is 2.86. The Balaban J connectivity index is 2.65. The van der Waals surface area contributed by atoms with Crippen LogP contribution < -0.4 is 0 Å². The monoisotopic (exact) mass is 273 g/mol. The Kier molecular flexibility index (Phi) is 3.76. The molecule has 0 atom stereocenters. The molecule has 6 heteroatoms. The van der Waals surface area contributed by atoms with Crippen molar-refractivity contribution in [3.8, 4) is 11.1 Å². The lowest BCUT2D eigenvalue weighted by atomic mass is 9.97. The van der Waals surface area contributed by atoms with E-state index in [1.54, 1.807) is 24.3 Å². The van der Waals surface area contributed by atoms with E-state index in [1.165, 1.54) is 12.1 Å². The van der Waals surface area contributed by atoms with Crippen molar-refractivity contribution in [1.82, 2.24) is 0 Å². The molecule has 0 fully saturated rings. The Labute approximate surface area is 114 Å². The molecule has 0 radical (unpaired) electrons. The molecule has 6 nitrogen and oxygen atoms in total. The Morgan fingerprint density at radius 3 is 2.55 bits per heavy atom. The van der Waals surface area contributed by atoms with Gasteiger partial charge in [0.05, 0.1) is 17.1 Å². The summed E-state index contributed by atoms with van der Waals surface area (Å²) in [6.07, 6.45) is 0. The predicted octanol–water partition coefficient (Wildman–Crippen LogP) is 2.45. The molecule has 0 bridgehead atoms. The average molecular weight is 273 g/mol. The van der Waals surface area contributed by atoms with E-state index in [9.17, 15) is 14.9 Å². The highest BCUT2D eigenvalue weighted by Crippen LogP contribution is 2.28. The molecule has 0 unspecified atom stereocenters. The van der Waals surface area contributed by atoms with Gasteiger partial charge in [0.2, 0.25) is 0 Å². The number of nitro groups is 1. The molecule has 0 heterocycles. The van der Waals surface area contributed by atoms with Gasteiger partial charge in [-0.3, -0.25) is 10.1 Å². The molecule has 2 aromatic carbocycles. The van der Waals surface area contributed by atoms with Crippen LogP contribution in [0.5, 0.6) is 0 Å². The minimum absolute atomic E-state index is 0.0225. The van der Waals surface area contributed by atoms with Crippen molar-refractivity contribution in [2.75, 3.05) is 0 Å². The van der Waals surface area contributed by atoms with E-state index in [4.69, 9.17) is 10.2 Å². The van der Waals surface area contributed by atoms with Crippen molar-refractivity contribution < 1.29 is 19.9 Å². The number of benzene rings is 2. The fraction of sp³-hybridized carbons (Fsp3) is 0.0714. The SMILES string of the molecule is O=C(O)c1ccc([N+](=O)[O-])cc1-c1cccc(CO)c1. The molecular weight excluding hydrogens is 262 g/mol. The van der Waals surface area contributed by atoms with Crippen LogP contribution in [0.4, 0.5) is 5.69 Å². The number of carbonyl (C=O) groups is 1. The van der Waals surface area contributed by atoms with Crippen LogP contribution in [0.25, 0.3) is 11.1 Å². The summed E-state index contributed by atoms with van der Waals surface area (Å²) >= 11 is 0. The molecular formula is C14H11NO5. The highest BCUT2D eigenvalue weighted by Gasteiger charge is 2.16. The molecule has 2 N–H and O–H groups in total. The Bertz CT molecular complexity index is 681. The van der Waals surface area contributed by atoms with Gasteiger partial charge in [0.15, 0.2) is 0 Å². The summed E-state index contributed by atoms with van der Waals surface area (Å²) in [5.74, 6) is -1.16. The summed E-state index contributed by atoms with van der Waals surface area (Å²) < 4.78 is 0. The van der Waals surface area contributed by atoms with E-state index in [0.29, 0.717) is 11.1 Å². The first kappa shape index (κ1) is 13.7. The topological polar surface area (TPSA) is 101 Å². The number of aromatic carboxylic acids is 1. The maximum absolute atomic E-state index is 11.2. The largest absolute Gasteiger partial charge is 0.478 e. The van der Waals surface area contributed by atoms with Gasteiger partial charge in [-0.1, -0.05) is 18.2 Å². The normalized spacial score (nSPS) is 10.2. The second-order valence-electron chi connectivity index (χ2n) is 4.15. The number of non-ortho nitro benzene ring substituents is 1. The molecule has 0 spiro atoms. The third kappa shape index (κ3) is 2.65. The average Bonchev–Trinajstić information content (AvgIpc) is 2.46. The van der Waals surface area contributed by atoms with Crippen molar-refractivity contribution in [3.63, 3.8) is 0 Å². The van der Waals surface area contributed by atoms with E-state index in [2.05, 4.69) is 0 Å². The number of hydrogen-bond donors (Lipinski definition) is 2. The summed E-state index contributed by atoms with van der Waals surface area (Å²) in [6, 6.07) is 10.2. The summed E-state index contributed by atoms with van der Waals surface area (Å²) in [5.41, 5.74) is 1.16. The number of hydrogen-bond acceptors (Lipinski definition) is 4. The number of rotatable bonds is 4. The summed E-state index contributed by atoms with van der Waals surface area (Å²) in [4.78, 5) is 21.4. The van der Waals surface area contributed by atoms with Gasteiger partial charge in [0.1, 0.15) is 0 Å². The van der Waals surface area contributed by atoms with Gasteiger partial charge in [-0.15, -0.1) is 0 Å². The van der Waals surface area contributed by atoms with Crippen LogP contribution >= 0.6 is 0 Å². The van der Waals surface area contributed by atoms with Crippen molar-refractivity contribution in [3.05, 3.63) is 63.7 Å². The molecule has 0 saturated heterocycles. The van der Waals surface area contributed by atoms with E-state index >= 15 is 0 Å². The first-order chi connectivity index (χ1) is 9.52. The lowest BCUT2D eigenvalue weighted by molar-refractivity contribution is -0.384. The second kappa shape index (κ2) is 5.50. The molecule has 0 aliphatic rings. The van der Waals surface area contributed by atoms with Crippen LogP contribution in [-0.4, -0.2) is 21.1 Å². The maximum atomic E-state index is 11.2. The summed E-state index contributed by atoms with van der Waals surface area (Å²) in [6.45, 7) is -0.189. The fourth-order valence-corrected chi connectivity index (χ4v) is 1.91. The molecule has 0 amide bonds. The van der Waals surface area contributed by atoms with E-state index < -0.39 is 10.9 Å². The lowest BCUT2D eigenvalue weighted by Gasteiger charge is -2.07. The zero-order valence-corrected chi connectivity index (χ0v) is 10.3. The summed E-state index contributed by atoms with van der Waals surface area (Å²) in [7, 11) is 0. The van der Waals surface area contributed by atoms with Crippen LogP contribution in [0.2, 0.25) is 0 Å². The number of aliphatic hydroxyl groups excluding tert-OH is 1. The zero-order valence-electron chi connectivity index (χ0n) is 10.3. The molecule has 20 heavy (non-hydrogen) atoms. The molecule has 2 aromatic rings. The smallest absolute Gasteiger partial charge is 0.336 e. The van der Waals surface area contributed by atoms with E-state index in [-0.39, 0.29) is 23.4 Å². The minimum atomic E-state index is -1.16. The maximum Gasteiger partial charge on any atom is 0.336 e. The van der Waals surface area contributed by atoms with E-state index in [1.807, 2.05) is 0 Å². The highest BCUT2D eigenvalue weighted by atomic mass is 16.6. The van der Waals surface area contributed by atoms with Gasteiger partial charge >= 0.3 is 5.97 Å². The van der Waals surface area contributed by atoms with Gasteiger partial charge in [-0.25, -0.2) is 4.79 Å². The number of aliphatic hydroxyl groups is 1. The first-order valence-corrected chi connectivity index (χ1v) is 5.75. The lowest BCUT2D eigenvalue weighted by Crippen LogP contribution is -2.01. The van der Waals surface area contributed by atoms with Crippen molar-refractivity contribution in [1.29, 1.82) is 0 Å². The van der Waals surface area contributed by atoms with Crippen LogP contribution in [0.15, 0.2) is 42.5 Å². The van der Waals surface area contributed by atoms with Gasteiger partial charge in [0.25, 0.3) is 5.69 Å². The number of carboxylic acid groups (broad SMARTS) is 1. The van der Waals surface area contributed by atoms with Gasteiger partial charge in [0, 0.05) is 17.7 Å². The zero-order chi connectivity index (χ0) is 14.7. The first-order valence-electron chi connectivity index (χ1n) is 5.75. The van der Waals surface area contributed by atoms with Crippen LogP contribution in [-0.2, 0) is 6.61 Å². The van der Waals surface area contributed by atoms with Crippen LogP contribution in [0.1, 0.15) is 15.9 Å². The molecule has 0 aliphatic heterocycles. The highest BCUT2D eigenvalue weighted by molar-refractivity contribution is 5.96. The standard InChI is InChI=1S/C14H11NO5/c16-8-9-2-1-3-10(6-9)13-7-11(15(19)20)4-5-12(13)14(17)18/h1-7,16H,8H2,(H,17,18). The third-order valence-electron chi connectivity index (χ3n) is 2.86. The Hall–Kier alpha value is -2.73. The predicted molar refractivity (Wildman–Crippen MR) is 71.4 cm³/mol. The number of nitro benzene ring substituents is 1. The number of carboxylic acids is 1. The molecule has 102 valence electrons. The van der Waals surface area contributed by atoms with Crippen molar-refractivity contribution >= 4 is 11.7 Å². The van der Waals surface area contributed by atoms with Crippen molar-refractivity contribution in [2.45, 2.75) is 6.61 Å². The van der Waals surface area contributed by atoms with Gasteiger partial charge in [-0.05, 0) is 23.3 Å². The van der Waals surface area contributed by atoms with Gasteiger partial charge in [-0.2, -0.15) is 0 Å². The Morgan fingerprint density at radius 1 is 1.20 bits per heavy atom. The molecule has 0 aliphatic carbocycles. The summed E-state index contributed by atoms with van der Waals surface area (Å²) in [5, 5.41) is 29.1. The minimum Gasteiger partial charge on any atom is -0.478 e. The van der Waals surface area contributed by atoms with Crippen LogP contribution in [0, 0.1) is 10.1 Å². The molecule has 0 saturated carbocycles. The quantitative estimate of drug-likeness (QED) is 0.658. The van der Waals surface area contributed by atoms with E-state index in [0.717, 1.165) is 6.07 Å². The fourth-order valence-electron chi connectivity index (χ4n) is 1.91. The molecule has 2 rings (SSSR count). The molecule has 0 aromatic heterocycles.